The quantitative estimate of drug-likeness (QED) is 0.0228. The van der Waals surface area contributed by atoms with Gasteiger partial charge in [0.15, 0.2) is 24.6 Å². The molecule has 1 aliphatic rings. The summed E-state index contributed by atoms with van der Waals surface area (Å²) < 4.78 is 28.4. The van der Waals surface area contributed by atoms with Gasteiger partial charge in [0.25, 0.3) is 0 Å². The number of aliphatic hydroxyl groups is 2. The molecule has 1 rings (SSSR count). The smallest absolute Gasteiger partial charge is 0.335 e. The van der Waals surface area contributed by atoms with Crippen LogP contribution in [0.4, 0.5) is 0 Å². The van der Waals surface area contributed by atoms with Gasteiger partial charge < -0.3 is 39.0 Å². The van der Waals surface area contributed by atoms with Gasteiger partial charge in [-0.05, 0) is 109 Å². The van der Waals surface area contributed by atoms with E-state index < -0.39 is 67.3 Å². The molecule has 12 heteroatoms. The van der Waals surface area contributed by atoms with Crippen molar-refractivity contribution in [3.8, 4) is 0 Å². The van der Waals surface area contributed by atoms with Gasteiger partial charge in [-0.1, -0.05) is 234 Å². The lowest BCUT2D eigenvalue weighted by atomic mass is 9.98. The Morgan fingerprint density at radius 3 is 1.23 bits per heavy atom. The number of allylic oxidation sites excluding steroid dienone is 16. The van der Waals surface area contributed by atoms with Crippen LogP contribution in [-0.2, 0) is 42.9 Å². The van der Waals surface area contributed by atoms with Crippen molar-refractivity contribution in [3.63, 3.8) is 0 Å². The van der Waals surface area contributed by atoms with E-state index in [1.54, 1.807) is 0 Å². The summed E-state index contributed by atoms with van der Waals surface area (Å²) in [5, 5.41) is 31.6. The van der Waals surface area contributed by atoms with Crippen LogP contribution in [0.2, 0.25) is 0 Å². The van der Waals surface area contributed by atoms with E-state index in [4.69, 9.17) is 23.7 Å². The minimum absolute atomic E-state index is 0.0372. The van der Waals surface area contributed by atoms with Crippen molar-refractivity contribution in [3.05, 3.63) is 97.2 Å². The molecule has 81 heavy (non-hydrogen) atoms. The van der Waals surface area contributed by atoms with Crippen LogP contribution in [0.25, 0.3) is 0 Å². The molecule has 0 aromatic carbocycles. The first-order valence-electron chi connectivity index (χ1n) is 32.2. The third kappa shape index (κ3) is 45.8. The van der Waals surface area contributed by atoms with Gasteiger partial charge in [0, 0.05) is 19.3 Å². The predicted octanol–water partition coefficient (Wildman–Crippen LogP) is 17.2. The van der Waals surface area contributed by atoms with E-state index >= 15 is 0 Å². The monoisotopic (exact) mass is 1130 g/mol. The van der Waals surface area contributed by atoms with Crippen LogP contribution in [0.5, 0.6) is 0 Å². The molecule has 0 saturated carbocycles. The van der Waals surface area contributed by atoms with Crippen LogP contribution in [0.1, 0.15) is 265 Å². The molecule has 462 valence electrons. The Morgan fingerprint density at radius 2 is 0.802 bits per heavy atom. The van der Waals surface area contributed by atoms with Crippen molar-refractivity contribution in [2.24, 2.45) is 0 Å². The molecular formula is C69H114O12. The third-order valence-corrected chi connectivity index (χ3v) is 14.1. The minimum Gasteiger partial charge on any atom is -0.479 e. The number of carbonyl (C=O) groups excluding carboxylic acids is 3. The number of aliphatic carboxylic acids is 1. The zero-order chi connectivity index (χ0) is 58.9. The number of carboxylic acids is 1. The number of ether oxygens (including phenoxy) is 5. The van der Waals surface area contributed by atoms with Crippen LogP contribution in [-0.4, -0.2) is 89.2 Å². The van der Waals surface area contributed by atoms with E-state index in [0.29, 0.717) is 25.7 Å². The van der Waals surface area contributed by atoms with Crippen LogP contribution >= 0.6 is 0 Å². The molecular weight excluding hydrogens is 1020 g/mol. The fourth-order valence-electron chi connectivity index (χ4n) is 9.21. The first-order valence-corrected chi connectivity index (χ1v) is 32.2. The first-order chi connectivity index (χ1) is 39.6. The highest BCUT2D eigenvalue weighted by Crippen LogP contribution is 2.26. The minimum atomic E-state index is -1.92. The maximum absolute atomic E-state index is 13.1. The summed E-state index contributed by atoms with van der Waals surface area (Å²) >= 11 is 0. The topological polar surface area (TPSA) is 175 Å². The van der Waals surface area contributed by atoms with Crippen LogP contribution in [0, 0.1) is 0 Å². The summed E-state index contributed by atoms with van der Waals surface area (Å²) in [6, 6.07) is 0. The molecule has 6 atom stereocenters. The SMILES string of the molecule is CC/C=C\C/C=C\C/C=C\C/C=C\CCC(=O)OC(COC(=O)CCCCCCCCCCC/C=C\C/C=C\CCCCC)COC1OC(C(=O)O)C(O)C(O)C1OC(=O)CCCCCCCCCCC/C=C\C/C=C\CCCCC. The second kappa shape index (κ2) is 56.1. The molecule has 3 N–H and O–H groups in total. The van der Waals surface area contributed by atoms with Crippen molar-refractivity contribution in [1.29, 1.82) is 0 Å². The maximum Gasteiger partial charge on any atom is 0.335 e. The number of carboxylic acid groups (broad SMARTS) is 1. The number of rotatable bonds is 54. The molecule has 1 aliphatic heterocycles. The molecule has 12 nitrogen and oxygen atoms in total. The van der Waals surface area contributed by atoms with Crippen molar-refractivity contribution in [2.45, 2.75) is 302 Å². The van der Waals surface area contributed by atoms with Crippen LogP contribution in [0.3, 0.4) is 0 Å². The van der Waals surface area contributed by atoms with Crippen molar-refractivity contribution in [2.75, 3.05) is 13.2 Å². The number of hydrogen-bond acceptors (Lipinski definition) is 11. The Balaban J connectivity index is 2.67. The first kappa shape index (κ1) is 74.7. The molecule has 1 heterocycles. The van der Waals surface area contributed by atoms with Crippen molar-refractivity contribution >= 4 is 23.9 Å². The van der Waals surface area contributed by atoms with Crippen LogP contribution in [0.15, 0.2) is 97.2 Å². The molecule has 0 aliphatic carbocycles. The molecule has 0 bridgehead atoms. The fraction of sp³-hybridized carbons (Fsp3) is 0.710. The summed E-state index contributed by atoms with van der Waals surface area (Å²) in [4.78, 5) is 51.2. The standard InChI is InChI=1S/C69H114O12/c1-4-7-10-13-16-19-22-25-27-29-31-33-35-38-40-43-46-49-52-55-61(70)77-58-60(79-62(71)56-53-50-47-44-41-37-24-21-18-15-12-9-6-3)59-78-69-67(65(74)64(73)66(81-69)68(75)76)80-63(72)57-54-51-48-45-42-39-36-34-32-30-28-26-23-20-17-14-11-8-5-2/h9,12,16-21,25-28,37,41,47,50,60,64-67,69,73-74H,4-8,10-11,13-15,22-24,29-36,38-40,42-46,48-49,51-59H2,1-3H3,(H,75,76)/b12-9-,19-16-,20-17-,21-18-,27-25-,28-26-,41-37-,50-47-. The molecule has 1 saturated heterocycles. The zero-order valence-electron chi connectivity index (χ0n) is 51.0. The van der Waals surface area contributed by atoms with Gasteiger partial charge in [-0.25, -0.2) is 4.79 Å². The van der Waals surface area contributed by atoms with Gasteiger partial charge in [0.05, 0.1) is 6.61 Å². The molecule has 1 fully saturated rings. The lowest BCUT2D eigenvalue weighted by Gasteiger charge is -2.40. The largest absolute Gasteiger partial charge is 0.479 e. The number of esters is 3. The Labute approximate surface area is 492 Å². The average Bonchev–Trinajstić information content (AvgIpc) is 3.54. The maximum atomic E-state index is 13.1. The second-order valence-electron chi connectivity index (χ2n) is 21.7. The highest BCUT2D eigenvalue weighted by molar-refractivity contribution is 5.74. The Bertz CT molecular complexity index is 1780. The van der Waals surface area contributed by atoms with Crippen molar-refractivity contribution < 1.29 is 58.2 Å². The third-order valence-electron chi connectivity index (χ3n) is 14.1. The average molecular weight is 1140 g/mol. The van der Waals surface area contributed by atoms with Gasteiger partial charge in [-0.15, -0.1) is 0 Å². The molecule has 0 aromatic rings. The predicted molar refractivity (Wildman–Crippen MR) is 331 cm³/mol. The van der Waals surface area contributed by atoms with E-state index in [0.717, 1.165) is 89.9 Å². The van der Waals surface area contributed by atoms with Crippen molar-refractivity contribution in [1.82, 2.24) is 0 Å². The van der Waals surface area contributed by atoms with E-state index in [2.05, 4.69) is 106 Å². The van der Waals surface area contributed by atoms with Crippen LogP contribution < -0.4 is 0 Å². The molecule has 0 amide bonds. The number of hydrogen-bond donors (Lipinski definition) is 3. The Morgan fingerprint density at radius 1 is 0.420 bits per heavy atom. The normalized spacial score (nSPS) is 18.4. The van der Waals surface area contributed by atoms with E-state index in [-0.39, 0.29) is 25.9 Å². The number of carbonyl (C=O) groups is 4. The molecule has 6 unspecified atom stereocenters. The highest BCUT2D eigenvalue weighted by atomic mass is 16.7. The zero-order valence-corrected chi connectivity index (χ0v) is 51.0. The second-order valence-corrected chi connectivity index (χ2v) is 21.7. The van der Waals surface area contributed by atoms with Gasteiger partial charge in [-0.2, -0.15) is 0 Å². The van der Waals surface area contributed by atoms with E-state index in [9.17, 15) is 34.5 Å². The molecule has 0 radical (unpaired) electrons. The lowest BCUT2D eigenvalue weighted by molar-refractivity contribution is -0.301. The summed E-state index contributed by atoms with van der Waals surface area (Å²) in [6.45, 7) is 5.78. The van der Waals surface area contributed by atoms with Gasteiger partial charge in [-0.3, -0.25) is 14.4 Å². The number of unbranched alkanes of at least 4 members (excludes halogenated alkanes) is 24. The summed E-state index contributed by atoms with van der Waals surface area (Å²) in [5.74, 6) is -3.24. The summed E-state index contributed by atoms with van der Waals surface area (Å²) in [5.41, 5.74) is 0. The van der Waals surface area contributed by atoms with E-state index in [1.807, 2.05) is 12.2 Å². The Hall–Kier alpha value is -4.36. The number of aliphatic hydroxyl groups excluding tert-OH is 2. The molecule has 0 spiro atoms. The van der Waals surface area contributed by atoms with Gasteiger partial charge in [0.1, 0.15) is 18.8 Å². The van der Waals surface area contributed by atoms with E-state index in [1.165, 1.54) is 109 Å². The Kier molecular flexibility index (Phi) is 51.7. The van der Waals surface area contributed by atoms with Gasteiger partial charge >= 0.3 is 23.9 Å². The van der Waals surface area contributed by atoms with Gasteiger partial charge in [0.2, 0.25) is 0 Å². The lowest BCUT2D eigenvalue weighted by Crippen LogP contribution is -2.61. The summed E-state index contributed by atoms with van der Waals surface area (Å²) in [6.07, 6.45) is 62.4. The molecule has 0 aromatic heterocycles. The highest BCUT2D eigenvalue weighted by Gasteiger charge is 2.50. The summed E-state index contributed by atoms with van der Waals surface area (Å²) in [7, 11) is 0. The fourth-order valence-corrected chi connectivity index (χ4v) is 9.21.